The van der Waals surface area contributed by atoms with Crippen molar-refractivity contribution in [2.75, 3.05) is 6.54 Å². The smallest absolute Gasteiger partial charge is 0.243 e. The zero-order valence-corrected chi connectivity index (χ0v) is 22.1. The van der Waals surface area contributed by atoms with E-state index in [2.05, 4.69) is 5.32 Å². The molecule has 7 heteroatoms. The van der Waals surface area contributed by atoms with E-state index in [9.17, 15) is 13.2 Å². The number of benzene rings is 3. The van der Waals surface area contributed by atoms with Crippen LogP contribution in [0.25, 0.3) is 0 Å². The van der Waals surface area contributed by atoms with Crippen LogP contribution in [0.3, 0.4) is 0 Å². The predicted octanol–water partition coefficient (Wildman–Crippen LogP) is 5.96. The van der Waals surface area contributed by atoms with Crippen LogP contribution in [-0.2, 0) is 27.9 Å². The molecule has 0 saturated heterocycles. The Labute approximate surface area is 219 Å². The Morgan fingerprint density at radius 3 is 2.22 bits per heavy atom. The van der Waals surface area contributed by atoms with Crippen LogP contribution < -0.4 is 5.32 Å². The summed E-state index contributed by atoms with van der Waals surface area (Å²) in [5, 5.41) is 3.62. The lowest BCUT2D eigenvalue weighted by molar-refractivity contribution is -0.126. The highest BCUT2D eigenvalue weighted by atomic mass is 35.5. The standard InChI is InChI=1S/C29H33ClN2O3S/c1-22-11-13-23(14-12-22)19-31-29(33)25-17-15-24(16-18-25)20-32(21-26-7-5-6-10-28(26)30)36(34,35)27-8-3-2-4-9-27/h2-14,24-25H,15-21H2,1H3,(H,31,33). The molecule has 0 atom stereocenters. The van der Waals surface area contributed by atoms with Gasteiger partial charge in [0.05, 0.1) is 4.90 Å². The van der Waals surface area contributed by atoms with E-state index >= 15 is 0 Å². The van der Waals surface area contributed by atoms with Crippen LogP contribution in [0.1, 0.15) is 42.4 Å². The maximum Gasteiger partial charge on any atom is 0.243 e. The van der Waals surface area contributed by atoms with Gasteiger partial charge in [-0.3, -0.25) is 4.79 Å². The number of hydrogen-bond donors (Lipinski definition) is 1. The second-order valence-corrected chi connectivity index (χ2v) is 12.0. The fourth-order valence-corrected chi connectivity index (χ4v) is 6.45. The highest BCUT2D eigenvalue weighted by Gasteiger charge is 2.31. The van der Waals surface area contributed by atoms with Crippen molar-refractivity contribution in [3.05, 3.63) is 101 Å². The molecule has 0 aromatic heterocycles. The summed E-state index contributed by atoms with van der Waals surface area (Å²) in [4.78, 5) is 13.0. The van der Waals surface area contributed by atoms with E-state index in [1.807, 2.05) is 55.5 Å². The van der Waals surface area contributed by atoms with Gasteiger partial charge in [-0.15, -0.1) is 0 Å². The normalized spacial score (nSPS) is 18.2. The molecule has 1 aliphatic carbocycles. The van der Waals surface area contributed by atoms with Crippen molar-refractivity contribution in [2.24, 2.45) is 11.8 Å². The molecule has 1 saturated carbocycles. The molecule has 0 bridgehead atoms. The Morgan fingerprint density at radius 1 is 0.917 bits per heavy atom. The lowest BCUT2D eigenvalue weighted by Gasteiger charge is -2.32. The van der Waals surface area contributed by atoms with Gasteiger partial charge < -0.3 is 5.32 Å². The molecule has 0 aliphatic heterocycles. The van der Waals surface area contributed by atoms with Crippen LogP contribution in [0.15, 0.2) is 83.8 Å². The van der Waals surface area contributed by atoms with Gasteiger partial charge in [-0.25, -0.2) is 8.42 Å². The minimum absolute atomic E-state index is 0.0329. The third-order valence-corrected chi connectivity index (χ3v) is 9.15. The van der Waals surface area contributed by atoms with Gasteiger partial charge in [0.15, 0.2) is 0 Å². The molecule has 0 spiro atoms. The summed E-state index contributed by atoms with van der Waals surface area (Å²) < 4.78 is 28.7. The summed E-state index contributed by atoms with van der Waals surface area (Å²) in [5.41, 5.74) is 3.06. The largest absolute Gasteiger partial charge is 0.352 e. The minimum atomic E-state index is -3.69. The first kappa shape index (κ1) is 26.4. The molecule has 1 aliphatic rings. The Hall–Kier alpha value is -2.67. The van der Waals surface area contributed by atoms with Gasteiger partial charge in [0.25, 0.3) is 0 Å². The van der Waals surface area contributed by atoms with Crippen LogP contribution in [0.5, 0.6) is 0 Å². The third-order valence-electron chi connectivity index (χ3n) is 6.95. The number of nitrogens with zero attached hydrogens (tertiary/aromatic N) is 1. The first-order valence-electron chi connectivity index (χ1n) is 12.4. The molecule has 5 nitrogen and oxygen atoms in total. The van der Waals surface area contributed by atoms with E-state index in [-0.39, 0.29) is 29.2 Å². The Balaban J connectivity index is 1.39. The van der Waals surface area contributed by atoms with Crippen LogP contribution in [0.2, 0.25) is 5.02 Å². The number of halogens is 1. The Kier molecular flexibility index (Phi) is 8.83. The number of amides is 1. The molecule has 0 heterocycles. The van der Waals surface area contributed by atoms with Crippen LogP contribution in [-0.4, -0.2) is 25.2 Å². The topological polar surface area (TPSA) is 66.5 Å². The monoisotopic (exact) mass is 524 g/mol. The Morgan fingerprint density at radius 2 is 1.56 bits per heavy atom. The number of aryl methyl sites for hydroxylation is 1. The number of hydrogen-bond acceptors (Lipinski definition) is 3. The summed E-state index contributed by atoms with van der Waals surface area (Å²) in [6.07, 6.45) is 3.14. The van der Waals surface area contributed by atoms with E-state index < -0.39 is 10.0 Å². The van der Waals surface area contributed by atoms with E-state index in [1.165, 1.54) is 5.56 Å². The average Bonchev–Trinajstić information content (AvgIpc) is 2.90. The van der Waals surface area contributed by atoms with Gasteiger partial charge in [-0.1, -0.05) is 77.8 Å². The number of carbonyl (C=O) groups is 1. The Bertz CT molecular complexity index is 1260. The van der Waals surface area contributed by atoms with Crippen molar-refractivity contribution in [3.63, 3.8) is 0 Å². The molecule has 4 rings (SSSR count). The lowest BCUT2D eigenvalue weighted by Crippen LogP contribution is -2.38. The zero-order valence-electron chi connectivity index (χ0n) is 20.6. The molecule has 0 radical (unpaired) electrons. The predicted molar refractivity (Wildman–Crippen MR) is 144 cm³/mol. The second kappa shape index (κ2) is 12.0. The van der Waals surface area contributed by atoms with Gasteiger partial charge in [-0.05, 0) is 67.9 Å². The lowest BCUT2D eigenvalue weighted by atomic mass is 9.81. The van der Waals surface area contributed by atoms with Crippen LogP contribution >= 0.6 is 11.6 Å². The SMILES string of the molecule is Cc1ccc(CNC(=O)C2CCC(CN(Cc3ccccc3Cl)S(=O)(=O)c3ccccc3)CC2)cc1. The fourth-order valence-electron chi connectivity index (χ4n) is 4.74. The van der Waals surface area contributed by atoms with Crippen molar-refractivity contribution < 1.29 is 13.2 Å². The van der Waals surface area contributed by atoms with Gasteiger partial charge in [0, 0.05) is 30.6 Å². The quantitative estimate of drug-likeness (QED) is 0.375. The molecule has 3 aromatic rings. The first-order valence-corrected chi connectivity index (χ1v) is 14.3. The maximum absolute atomic E-state index is 13.6. The number of carbonyl (C=O) groups excluding carboxylic acids is 1. The average molecular weight is 525 g/mol. The minimum Gasteiger partial charge on any atom is -0.352 e. The molecule has 190 valence electrons. The summed E-state index contributed by atoms with van der Waals surface area (Å²) in [5.74, 6) is 0.237. The van der Waals surface area contributed by atoms with Gasteiger partial charge in [-0.2, -0.15) is 4.31 Å². The molecule has 36 heavy (non-hydrogen) atoms. The number of nitrogens with one attached hydrogen (secondary N) is 1. The molecular weight excluding hydrogens is 492 g/mol. The highest BCUT2D eigenvalue weighted by Crippen LogP contribution is 2.32. The highest BCUT2D eigenvalue weighted by molar-refractivity contribution is 7.89. The van der Waals surface area contributed by atoms with E-state index in [1.54, 1.807) is 34.6 Å². The zero-order chi connectivity index (χ0) is 25.5. The summed E-state index contributed by atoms with van der Waals surface area (Å²) in [6.45, 7) is 3.19. The van der Waals surface area contributed by atoms with Gasteiger partial charge in [0.1, 0.15) is 0 Å². The fraction of sp³-hybridized carbons (Fsp3) is 0.345. The number of sulfonamides is 1. The second-order valence-electron chi connectivity index (χ2n) is 9.62. The first-order chi connectivity index (χ1) is 17.3. The maximum atomic E-state index is 13.6. The molecule has 1 N–H and O–H groups in total. The molecule has 1 amide bonds. The van der Waals surface area contributed by atoms with Gasteiger partial charge in [0.2, 0.25) is 15.9 Å². The van der Waals surface area contributed by atoms with E-state index in [0.717, 1.165) is 36.8 Å². The van der Waals surface area contributed by atoms with Crippen molar-refractivity contribution >= 4 is 27.5 Å². The van der Waals surface area contributed by atoms with Gasteiger partial charge >= 0.3 is 0 Å². The summed E-state index contributed by atoms with van der Waals surface area (Å²) in [7, 11) is -3.69. The molecular formula is C29H33ClN2O3S. The van der Waals surface area contributed by atoms with Crippen LogP contribution in [0, 0.1) is 18.8 Å². The van der Waals surface area contributed by atoms with E-state index in [4.69, 9.17) is 11.6 Å². The summed E-state index contributed by atoms with van der Waals surface area (Å²) in [6, 6.07) is 24.1. The van der Waals surface area contributed by atoms with E-state index in [0.29, 0.717) is 18.1 Å². The van der Waals surface area contributed by atoms with Crippen molar-refractivity contribution in [1.29, 1.82) is 0 Å². The van der Waals surface area contributed by atoms with Crippen molar-refractivity contribution in [3.8, 4) is 0 Å². The number of rotatable bonds is 9. The van der Waals surface area contributed by atoms with Crippen molar-refractivity contribution in [1.82, 2.24) is 9.62 Å². The molecule has 1 fully saturated rings. The van der Waals surface area contributed by atoms with Crippen molar-refractivity contribution in [2.45, 2.75) is 50.6 Å². The summed E-state index contributed by atoms with van der Waals surface area (Å²) >= 11 is 6.38. The molecule has 0 unspecified atom stereocenters. The molecule has 3 aromatic carbocycles. The van der Waals surface area contributed by atoms with Crippen LogP contribution in [0.4, 0.5) is 0 Å². The third kappa shape index (κ3) is 6.75.